The minimum atomic E-state index is -0.362. The molecule has 1 saturated carbocycles. The minimum Gasteiger partial charge on any atom is -0.483 e. The van der Waals surface area contributed by atoms with Crippen LogP contribution in [0.2, 0.25) is 0 Å². The van der Waals surface area contributed by atoms with E-state index in [0.717, 1.165) is 50.5 Å². The van der Waals surface area contributed by atoms with E-state index in [-0.39, 0.29) is 18.6 Å². The molecule has 2 aromatic heterocycles. The maximum absolute atomic E-state index is 10.7. The van der Waals surface area contributed by atoms with Gasteiger partial charge in [-0.15, -0.1) is 0 Å². The molecular formula is C21H31N7O3. The molecule has 10 heteroatoms. The van der Waals surface area contributed by atoms with Crippen LogP contribution < -0.4 is 9.80 Å². The number of aryl methyl sites for hydroxylation is 1. The molecule has 0 radical (unpaired) electrons. The van der Waals surface area contributed by atoms with Gasteiger partial charge in [-0.1, -0.05) is 0 Å². The van der Waals surface area contributed by atoms with E-state index in [1.54, 1.807) is 12.7 Å². The van der Waals surface area contributed by atoms with Gasteiger partial charge in [0.1, 0.15) is 18.5 Å². The van der Waals surface area contributed by atoms with Crippen molar-refractivity contribution >= 4 is 18.2 Å². The predicted octanol–water partition coefficient (Wildman–Crippen LogP) is 1.16. The molecule has 0 aromatic carbocycles. The van der Waals surface area contributed by atoms with Gasteiger partial charge in [-0.25, -0.2) is 14.6 Å². The monoisotopic (exact) mass is 429 g/mol. The molecule has 5 rings (SSSR count). The highest BCUT2D eigenvalue weighted by Crippen LogP contribution is 2.43. The van der Waals surface area contributed by atoms with Crippen molar-refractivity contribution in [1.82, 2.24) is 24.7 Å². The number of carboxylic acid groups (broad SMARTS) is 1. The number of rotatable bonds is 3. The van der Waals surface area contributed by atoms with E-state index in [1.807, 2.05) is 23.7 Å². The molecule has 10 nitrogen and oxygen atoms in total. The van der Waals surface area contributed by atoms with Crippen LogP contribution in [-0.2, 0) is 17.6 Å². The number of carbonyl (C=O) groups is 1. The van der Waals surface area contributed by atoms with Gasteiger partial charge in [-0.3, -0.25) is 4.79 Å². The molecule has 1 saturated heterocycles. The second-order valence-corrected chi connectivity index (χ2v) is 8.89. The standard InChI is InChI=1S/C20H29N7O.CH2O2/c1-25(2)20-23-16-6-4-3-5-15(16)19(24-20)26-9-13-7-17(27-12-21-11-22-27)18(28)8-14(13)10-26;2-1-3/h11-14,17-18,28H,3-10H2,1-2H3;1H,(H,2,3)/t13-,14+,17-,18-;/m1./s1. The van der Waals surface area contributed by atoms with Gasteiger partial charge >= 0.3 is 0 Å². The highest BCUT2D eigenvalue weighted by atomic mass is 16.3. The Morgan fingerprint density at radius 2 is 1.84 bits per heavy atom. The Morgan fingerprint density at radius 3 is 2.52 bits per heavy atom. The van der Waals surface area contributed by atoms with Crippen molar-refractivity contribution in [2.45, 2.75) is 50.7 Å². The van der Waals surface area contributed by atoms with E-state index in [0.29, 0.717) is 11.8 Å². The van der Waals surface area contributed by atoms with Crippen LogP contribution in [0.5, 0.6) is 0 Å². The van der Waals surface area contributed by atoms with E-state index in [1.165, 1.54) is 24.1 Å². The first-order valence-electron chi connectivity index (χ1n) is 10.9. The van der Waals surface area contributed by atoms with Crippen LogP contribution in [0, 0.1) is 11.8 Å². The third-order valence-corrected chi connectivity index (χ3v) is 6.73. The van der Waals surface area contributed by atoms with Crippen molar-refractivity contribution in [1.29, 1.82) is 0 Å². The fraction of sp³-hybridized carbons (Fsp3) is 0.667. The van der Waals surface area contributed by atoms with Crippen LogP contribution in [0.25, 0.3) is 0 Å². The third-order valence-electron chi connectivity index (χ3n) is 6.73. The lowest BCUT2D eigenvalue weighted by atomic mass is 9.77. The second kappa shape index (κ2) is 9.17. The molecule has 2 fully saturated rings. The van der Waals surface area contributed by atoms with Gasteiger partial charge in [-0.2, -0.15) is 10.1 Å². The van der Waals surface area contributed by atoms with Crippen molar-refractivity contribution in [3.8, 4) is 0 Å². The summed E-state index contributed by atoms with van der Waals surface area (Å²) in [5.74, 6) is 3.00. The lowest BCUT2D eigenvalue weighted by Crippen LogP contribution is -2.36. The molecule has 0 unspecified atom stereocenters. The number of aliphatic hydroxyl groups excluding tert-OH is 1. The first-order chi connectivity index (χ1) is 15.0. The van der Waals surface area contributed by atoms with E-state index in [9.17, 15) is 5.11 Å². The number of fused-ring (bicyclic) bond motifs is 2. The van der Waals surface area contributed by atoms with Crippen LogP contribution >= 0.6 is 0 Å². The normalized spacial score (nSPS) is 27.0. The zero-order valence-corrected chi connectivity index (χ0v) is 18.1. The van der Waals surface area contributed by atoms with Crippen LogP contribution in [0.3, 0.4) is 0 Å². The topological polar surface area (TPSA) is 121 Å². The summed E-state index contributed by atoms with van der Waals surface area (Å²) >= 11 is 0. The lowest BCUT2D eigenvalue weighted by Gasteiger charge is -2.34. The Bertz CT molecular complexity index is 889. The van der Waals surface area contributed by atoms with Crippen LogP contribution in [-0.4, -0.2) is 74.7 Å². The van der Waals surface area contributed by atoms with Crippen molar-refractivity contribution in [2.24, 2.45) is 11.8 Å². The SMILES string of the molecule is CN(C)c1nc2c(c(N3C[C@H]4C[C@@H](n5cncn5)[C@H](O)C[C@H]4C3)n1)CCCC2.O=CO. The maximum Gasteiger partial charge on any atom is 0.290 e. The van der Waals surface area contributed by atoms with Crippen molar-refractivity contribution in [3.05, 3.63) is 23.9 Å². The predicted molar refractivity (Wildman–Crippen MR) is 115 cm³/mol. The van der Waals surface area contributed by atoms with Gasteiger partial charge in [0, 0.05) is 32.7 Å². The Kier molecular flexibility index (Phi) is 6.35. The molecule has 2 aromatic rings. The highest BCUT2D eigenvalue weighted by Gasteiger charge is 2.43. The Balaban J connectivity index is 0.000000730. The van der Waals surface area contributed by atoms with Crippen LogP contribution in [0.15, 0.2) is 12.7 Å². The van der Waals surface area contributed by atoms with E-state index in [4.69, 9.17) is 19.9 Å². The van der Waals surface area contributed by atoms with Gasteiger partial charge in [-0.05, 0) is 50.4 Å². The number of hydrogen-bond donors (Lipinski definition) is 2. The Hall–Kier alpha value is -2.75. The van der Waals surface area contributed by atoms with Crippen LogP contribution in [0.4, 0.5) is 11.8 Å². The fourth-order valence-electron chi connectivity index (χ4n) is 5.28. The van der Waals surface area contributed by atoms with E-state index < -0.39 is 0 Å². The van der Waals surface area contributed by atoms with E-state index in [2.05, 4.69) is 15.0 Å². The quantitative estimate of drug-likeness (QED) is 0.692. The molecule has 0 bridgehead atoms. The average Bonchev–Trinajstić information content (AvgIpc) is 3.42. The minimum absolute atomic E-state index is 0.0281. The number of nitrogens with zero attached hydrogens (tertiary/aromatic N) is 7. The summed E-state index contributed by atoms with van der Waals surface area (Å²) in [5, 5.41) is 21.9. The smallest absolute Gasteiger partial charge is 0.290 e. The summed E-state index contributed by atoms with van der Waals surface area (Å²) in [6.45, 7) is 1.72. The fourth-order valence-corrected chi connectivity index (χ4v) is 5.28. The molecular weight excluding hydrogens is 398 g/mol. The van der Waals surface area contributed by atoms with Crippen molar-refractivity contribution in [3.63, 3.8) is 0 Å². The summed E-state index contributed by atoms with van der Waals surface area (Å²) in [6, 6.07) is 0.0281. The Morgan fingerprint density at radius 1 is 1.13 bits per heavy atom. The van der Waals surface area contributed by atoms with Gasteiger partial charge in [0.25, 0.3) is 6.47 Å². The van der Waals surface area contributed by atoms with Crippen molar-refractivity contribution < 1.29 is 15.0 Å². The average molecular weight is 430 g/mol. The molecule has 3 aliphatic rings. The van der Waals surface area contributed by atoms with Crippen LogP contribution in [0.1, 0.15) is 43.0 Å². The molecule has 168 valence electrons. The summed E-state index contributed by atoms with van der Waals surface area (Å²) in [7, 11) is 4.02. The first-order valence-corrected chi connectivity index (χ1v) is 10.9. The largest absolute Gasteiger partial charge is 0.483 e. The summed E-state index contributed by atoms with van der Waals surface area (Å²) < 4.78 is 1.83. The first kappa shape index (κ1) is 21.5. The molecule has 2 aliphatic carbocycles. The maximum atomic E-state index is 10.7. The summed E-state index contributed by atoms with van der Waals surface area (Å²) in [6.07, 6.45) is 9.25. The molecule has 0 amide bonds. The third kappa shape index (κ3) is 4.34. The zero-order valence-electron chi connectivity index (χ0n) is 18.1. The number of aliphatic hydroxyl groups is 1. The number of anilines is 2. The summed E-state index contributed by atoms with van der Waals surface area (Å²) in [4.78, 5) is 26.7. The second-order valence-electron chi connectivity index (χ2n) is 8.89. The Labute approximate surface area is 181 Å². The van der Waals surface area contributed by atoms with E-state index >= 15 is 0 Å². The van der Waals surface area contributed by atoms with Gasteiger partial charge in [0.05, 0.1) is 17.8 Å². The zero-order chi connectivity index (χ0) is 22.0. The molecule has 31 heavy (non-hydrogen) atoms. The highest BCUT2D eigenvalue weighted by molar-refractivity contribution is 5.55. The summed E-state index contributed by atoms with van der Waals surface area (Å²) in [5.41, 5.74) is 2.58. The number of hydrogen-bond acceptors (Lipinski definition) is 8. The van der Waals surface area contributed by atoms with Gasteiger partial charge in [0.15, 0.2) is 0 Å². The van der Waals surface area contributed by atoms with Crippen molar-refractivity contribution in [2.75, 3.05) is 37.0 Å². The number of aromatic nitrogens is 5. The molecule has 0 spiro atoms. The lowest BCUT2D eigenvalue weighted by molar-refractivity contribution is -0.122. The molecule has 3 heterocycles. The van der Waals surface area contributed by atoms with Gasteiger partial charge in [0.2, 0.25) is 5.95 Å². The van der Waals surface area contributed by atoms with Gasteiger partial charge < -0.3 is 20.0 Å². The molecule has 2 N–H and O–H groups in total. The molecule has 1 aliphatic heterocycles. The molecule has 4 atom stereocenters.